The Labute approximate surface area is 149 Å². The SMILES string of the molecule is Cc1nc(C(F)(F)F)ccc1SN1CC2(CN(CC3(C)COC3)C2)C1. The van der Waals surface area contributed by atoms with E-state index in [1.54, 1.807) is 6.92 Å². The second kappa shape index (κ2) is 5.84. The quantitative estimate of drug-likeness (QED) is 0.757. The summed E-state index contributed by atoms with van der Waals surface area (Å²) in [6.45, 7) is 10.9. The second-order valence-corrected chi connectivity index (χ2v) is 9.25. The zero-order chi connectivity index (χ0) is 17.9. The smallest absolute Gasteiger partial charge is 0.380 e. The fraction of sp³-hybridized carbons (Fsp3) is 0.706. The van der Waals surface area contributed by atoms with Crippen molar-refractivity contribution >= 4 is 11.9 Å². The van der Waals surface area contributed by atoms with Crippen LogP contribution >= 0.6 is 11.9 Å². The van der Waals surface area contributed by atoms with Crippen molar-refractivity contribution in [2.75, 3.05) is 45.9 Å². The first-order valence-corrected chi connectivity index (χ1v) is 9.22. The molecule has 3 saturated heterocycles. The standard InChI is InChI=1S/C17H22F3N3OS/c1-12-13(3-4-14(21-12)17(18,19)20)25-23-8-16(9-23)6-22(7-16)5-15(2)10-24-11-15/h3-4H,5-11H2,1-2H3. The monoisotopic (exact) mass is 373 g/mol. The molecule has 25 heavy (non-hydrogen) atoms. The van der Waals surface area contributed by atoms with E-state index in [2.05, 4.69) is 21.1 Å². The van der Waals surface area contributed by atoms with Crippen LogP contribution in [0.4, 0.5) is 13.2 Å². The van der Waals surface area contributed by atoms with Gasteiger partial charge in [0.05, 0.1) is 18.9 Å². The molecule has 0 amide bonds. The van der Waals surface area contributed by atoms with Gasteiger partial charge in [-0.05, 0) is 31.0 Å². The van der Waals surface area contributed by atoms with Crippen LogP contribution in [0.3, 0.4) is 0 Å². The van der Waals surface area contributed by atoms with Gasteiger partial charge in [0.15, 0.2) is 0 Å². The van der Waals surface area contributed by atoms with Crippen molar-refractivity contribution in [2.24, 2.45) is 10.8 Å². The minimum atomic E-state index is -4.38. The highest BCUT2D eigenvalue weighted by Crippen LogP contribution is 2.46. The van der Waals surface area contributed by atoms with Crippen molar-refractivity contribution in [3.63, 3.8) is 0 Å². The molecular formula is C17H22F3N3OS. The molecule has 0 saturated carbocycles. The lowest BCUT2D eigenvalue weighted by molar-refractivity contribution is -0.152. The lowest BCUT2D eigenvalue weighted by atomic mass is 9.73. The molecule has 0 aliphatic carbocycles. The van der Waals surface area contributed by atoms with Crippen LogP contribution in [0, 0.1) is 17.8 Å². The van der Waals surface area contributed by atoms with Crippen molar-refractivity contribution in [1.82, 2.24) is 14.2 Å². The van der Waals surface area contributed by atoms with Crippen LogP contribution in [0.25, 0.3) is 0 Å². The summed E-state index contributed by atoms with van der Waals surface area (Å²) < 4.78 is 45.6. The number of aromatic nitrogens is 1. The van der Waals surface area contributed by atoms with Gasteiger partial charge in [-0.25, -0.2) is 9.29 Å². The van der Waals surface area contributed by atoms with Gasteiger partial charge in [-0.2, -0.15) is 13.2 Å². The molecule has 1 spiro atoms. The van der Waals surface area contributed by atoms with E-state index in [9.17, 15) is 13.2 Å². The summed E-state index contributed by atoms with van der Waals surface area (Å²) in [7, 11) is 0. The lowest BCUT2D eigenvalue weighted by Crippen LogP contribution is -2.72. The van der Waals surface area contributed by atoms with E-state index in [0.29, 0.717) is 16.5 Å². The van der Waals surface area contributed by atoms with Gasteiger partial charge in [0.2, 0.25) is 0 Å². The molecule has 0 atom stereocenters. The fourth-order valence-corrected chi connectivity index (χ4v) is 5.27. The van der Waals surface area contributed by atoms with Crippen LogP contribution in [0.5, 0.6) is 0 Å². The minimum Gasteiger partial charge on any atom is -0.380 e. The molecule has 4 rings (SSSR count). The first-order valence-electron chi connectivity index (χ1n) is 8.44. The van der Waals surface area contributed by atoms with E-state index in [1.807, 2.05) is 0 Å². The molecular weight excluding hydrogens is 351 g/mol. The van der Waals surface area contributed by atoms with Gasteiger partial charge in [0, 0.05) is 48.4 Å². The first kappa shape index (κ1) is 17.6. The highest BCUT2D eigenvalue weighted by molar-refractivity contribution is 7.97. The maximum Gasteiger partial charge on any atom is 0.433 e. The van der Waals surface area contributed by atoms with Crippen molar-refractivity contribution in [2.45, 2.75) is 24.9 Å². The molecule has 0 unspecified atom stereocenters. The first-order chi connectivity index (χ1) is 11.7. The number of ether oxygens (including phenoxy) is 1. The summed E-state index contributed by atoms with van der Waals surface area (Å²) in [5, 5.41) is 0. The number of aryl methyl sites for hydroxylation is 1. The van der Waals surface area contributed by atoms with Crippen molar-refractivity contribution < 1.29 is 17.9 Å². The topological polar surface area (TPSA) is 28.6 Å². The number of likely N-dealkylation sites (tertiary alicyclic amines) is 1. The third-order valence-electron chi connectivity index (χ3n) is 5.20. The fourth-order valence-electron chi connectivity index (χ4n) is 4.00. The summed E-state index contributed by atoms with van der Waals surface area (Å²) in [5.74, 6) is 0. The zero-order valence-corrected chi connectivity index (χ0v) is 15.2. The third kappa shape index (κ3) is 3.41. The predicted molar refractivity (Wildman–Crippen MR) is 89.2 cm³/mol. The number of nitrogens with zero attached hydrogens (tertiary/aromatic N) is 3. The summed E-state index contributed by atoms with van der Waals surface area (Å²) >= 11 is 1.52. The highest BCUT2D eigenvalue weighted by atomic mass is 32.2. The molecule has 0 radical (unpaired) electrons. The Kier molecular flexibility index (Phi) is 4.10. The number of hydrogen-bond donors (Lipinski definition) is 0. The van der Waals surface area contributed by atoms with Crippen molar-refractivity contribution in [1.29, 1.82) is 0 Å². The molecule has 0 aromatic carbocycles. The summed E-state index contributed by atoms with van der Waals surface area (Å²) in [4.78, 5) is 7.00. The molecule has 3 fully saturated rings. The average Bonchev–Trinajstić information content (AvgIpc) is 2.41. The molecule has 0 N–H and O–H groups in total. The van der Waals surface area contributed by atoms with Gasteiger partial charge in [-0.3, -0.25) is 0 Å². The minimum absolute atomic E-state index is 0.322. The van der Waals surface area contributed by atoms with Gasteiger partial charge in [-0.1, -0.05) is 6.92 Å². The maximum absolute atomic E-state index is 12.7. The lowest BCUT2D eigenvalue weighted by Gasteiger charge is -2.61. The second-order valence-electron chi connectivity index (χ2n) is 8.12. The molecule has 3 aliphatic heterocycles. The molecule has 1 aromatic heterocycles. The Balaban J connectivity index is 1.27. The number of halogens is 3. The Morgan fingerprint density at radius 1 is 1.20 bits per heavy atom. The van der Waals surface area contributed by atoms with E-state index in [0.717, 1.165) is 56.9 Å². The van der Waals surface area contributed by atoms with E-state index in [-0.39, 0.29) is 0 Å². The van der Waals surface area contributed by atoms with Crippen LogP contribution in [-0.4, -0.2) is 60.1 Å². The average molecular weight is 373 g/mol. The van der Waals surface area contributed by atoms with E-state index >= 15 is 0 Å². The molecule has 8 heteroatoms. The molecule has 138 valence electrons. The molecule has 1 aromatic rings. The summed E-state index contributed by atoms with van der Waals surface area (Å²) in [6.07, 6.45) is -4.38. The number of alkyl halides is 3. The van der Waals surface area contributed by atoms with Crippen LogP contribution < -0.4 is 0 Å². The van der Waals surface area contributed by atoms with Gasteiger partial charge in [0.1, 0.15) is 5.69 Å². The molecule has 4 heterocycles. The van der Waals surface area contributed by atoms with Crippen LogP contribution in [0.2, 0.25) is 0 Å². The Morgan fingerprint density at radius 2 is 1.88 bits per heavy atom. The molecule has 0 bridgehead atoms. The summed E-state index contributed by atoms with van der Waals surface area (Å²) in [5.41, 5.74) is 0.316. The third-order valence-corrected chi connectivity index (χ3v) is 6.35. The Bertz CT molecular complexity index is 664. The van der Waals surface area contributed by atoms with Gasteiger partial charge in [0.25, 0.3) is 0 Å². The number of pyridine rings is 1. The van der Waals surface area contributed by atoms with Crippen molar-refractivity contribution in [3.8, 4) is 0 Å². The van der Waals surface area contributed by atoms with Crippen LogP contribution in [-0.2, 0) is 10.9 Å². The van der Waals surface area contributed by atoms with Gasteiger partial charge >= 0.3 is 6.18 Å². The largest absolute Gasteiger partial charge is 0.433 e. The molecule has 4 nitrogen and oxygen atoms in total. The maximum atomic E-state index is 12.7. The van der Waals surface area contributed by atoms with Crippen LogP contribution in [0.1, 0.15) is 18.3 Å². The Morgan fingerprint density at radius 3 is 2.40 bits per heavy atom. The normalized spacial score (nSPS) is 25.3. The van der Waals surface area contributed by atoms with Crippen molar-refractivity contribution in [3.05, 3.63) is 23.5 Å². The zero-order valence-electron chi connectivity index (χ0n) is 14.4. The highest BCUT2D eigenvalue weighted by Gasteiger charge is 2.53. The van der Waals surface area contributed by atoms with Crippen LogP contribution in [0.15, 0.2) is 17.0 Å². The van der Waals surface area contributed by atoms with E-state index in [1.165, 1.54) is 18.0 Å². The Hall–Kier alpha value is -0.830. The van der Waals surface area contributed by atoms with E-state index in [4.69, 9.17) is 4.74 Å². The van der Waals surface area contributed by atoms with Gasteiger partial charge < -0.3 is 9.64 Å². The summed E-state index contributed by atoms with van der Waals surface area (Å²) in [6, 6.07) is 2.60. The van der Waals surface area contributed by atoms with E-state index < -0.39 is 11.9 Å². The molecule has 3 aliphatic rings. The predicted octanol–water partition coefficient (Wildman–Crippen LogP) is 3.07. The number of hydrogen-bond acceptors (Lipinski definition) is 5. The van der Waals surface area contributed by atoms with Gasteiger partial charge in [-0.15, -0.1) is 0 Å². The number of rotatable bonds is 4.